The molecule has 1 aliphatic heterocycles. The van der Waals surface area contributed by atoms with Crippen LogP contribution in [0, 0.1) is 0 Å². The third kappa shape index (κ3) is 2.70. The quantitative estimate of drug-likeness (QED) is 0.549. The molecule has 1 saturated heterocycles. The SMILES string of the molecule is C[C@@H]1CCCC(=O)N1.Cl. The monoisotopic (exact) mass is 149 g/mol. The van der Waals surface area contributed by atoms with Crippen LogP contribution in [0.15, 0.2) is 0 Å². The molecule has 1 rings (SSSR count). The second kappa shape index (κ2) is 3.72. The Kier molecular flexibility index (Phi) is 3.62. The van der Waals surface area contributed by atoms with Crippen molar-refractivity contribution in [3.05, 3.63) is 0 Å². The van der Waals surface area contributed by atoms with Gasteiger partial charge >= 0.3 is 0 Å². The molecule has 0 aliphatic carbocycles. The highest BCUT2D eigenvalue weighted by atomic mass is 35.5. The van der Waals surface area contributed by atoms with Crippen molar-refractivity contribution >= 4 is 18.3 Å². The van der Waals surface area contributed by atoms with Crippen molar-refractivity contribution in [2.75, 3.05) is 0 Å². The van der Waals surface area contributed by atoms with Crippen molar-refractivity contribution in [2.24, 2.45) is 0 Å². The van der Waals surface area contributed by atoms with Gasteiger partial charge in [0, 0.05) is 12.5 Å². The first-order chi connectivity index (χ1) is 3.79. The summed E-state index contributed by atoms with van der Waals surface area (Å²) in [6, 6.07) is 0.413. The van der Waals surface area contributed by atoms with E-state index in [-0.39, 0.29) is 18.3 Å². The van der Waals surface area contributed by atoms with Gasteiger partial charge in [-0.1, -0.05) is 0 Å². The van der Waals surface area contributed by atoms with Crippen molar-refractivity contribution < 1.29 is 4.79 Å². The average molecular weight is 150 g/mol. The molecule has 1 atom stereocenters. The molecule has 1 amide bonds. The van der Waals surface area contributed by atoms with E-state index in [9.17, 15) is 4.79 Å². The van der Waals surface area contributed by atoms with Crippen LogP contribution < -0.4 is 5.32 Å². The van der Waals surface area contributed by atoms with Crippen molar-refractivity contribution in [3.63, 3.8) is 0 Å². The van der Waals surface area contributed by atoms with E-state index in [1.165, 1.54) is 0 Å². The Labute approximate surface area is 61.4 Å². The molecule has 0 aromatic carbocycles. The fraction of sp³-hybridized carbons (Fsp3) is 0.833. The van der Waals surface area contributed by atoms with Crippen LogP contribution in [0.25, 0.3) is 0 Å². The molecule has 0 aromatic heterocycles. The molecular formula is C6H12ClNO. The predicted molar refractivity (Wildman–Crippen MR) is 38.7 cm³/mol. The van der Waals surface area contributed by atoms with Crippen molar-refractivity contribution in [3.8, 4) is 0 Å². The van der Waals surface area contributed by atoms with E-state index in [1.54, 1.807) is 0 Å². The van der Waals surface area contributed by atoms with E-state index in [1.807, 2.05) is 6.92 Å². The number of hydrogen-bond donors (Lipinski definition) is 1. The molecule has 0 bridgehead atoms. The molecule has 0 unspecified atom stereocenters. The Bertz CT molecular complexity index is 105. The lowest BCUT2D eigenvalue weighted by Gasteiger charge is -2.18. The van der Waals surface area contributed by atoms with Crippen LogP contribution in [0.3, 0.4) is 0 Å². The van der Waals surface area contributed by atoms with Crippen LogP contribution in [-0.2, 0) is 4.79 Å². The number of amides is 1. The molecule has 1 N–H and O–H groups in total. The van der Waals surface area contributed by atoms with E-state index >= 15 is 0 Å². The molecule has 1 fully saturated rings. The molecule has 0 spiro atoms. The Hall–Kier alpha value is -0.240. The molecule has 0 saturated carbocycles. The zero-order chi connectivity index (χ0) is 5.98. The van der Waals surface area contributed by atoms with Gasteiger partial charge in [0.1, 0.15) is 0 Å². The topological polar surface area (TPSA) is 29.1 Å². The maximum absolute atomic E-state index is 10.6. The highest BCUT2D eigenvalue weighted by Crippen LogP contribution is 2.05. The van der Waals surface area contributed by atoms with Gasteiger partial charge in [-0.05, 0) is 19.8 Å². The van der Waals surface area contributed by atoms with Crippen LogP contribution in [0.4, 0.5) is 0 Å². The first kappa shape index (κ1) is 8.76. The normalized spacial score (nSPS) is 26.3. The van der Waals surface area contributed by atoms with Crippen LogP contribution in [0.1, 0.15) is 26.2 Å². The minimum absolute atomic E-state index is 0. The molecule has 3 heteroatoms. The molecule has 54 valence electrons. The van der Waals surface area contributed by atoms with E-state index in [4.69, 9.17) is 0 Å². The van der Waals surface area contributed by atoms with E-state index in [0.29, 0.717) is 6.04 Å². The third-order valence-corrected chi connectivity index (χ3v) is 1.45. The number of rotatable bonds is 0. The molecular weight excluding hydrogens is 138 g/mol. The van der Waals surface area contributed by atoms with Gasteiger partial charge in [-0.15, -0.1) is 12.4 Å². The summed E-state index contributed by atoms with van der Waals surface area (Å²) in [5.74, 6) is 0.212. The lowest BCUT2D eigenvalue weighted by Crippen LogP contribution is -2.36. The minimum atomic E-state index is 0. The number of nitrogens with one attached hydrogen (secondary N) is 1. The van der Waals surface area contributed by atoms with Gasteiger partial charge in [-0.2, -0.15) is 0 Å². The maximum Gasteiger partial charge on any atom is 0.220 e. The largest absolute Gasteiger partial charge is 0.354 e. The number of halogens is 1. The van der Waals surface area contributed by atoms with E-state index < -0.39 is 0 Å². The average Bonchev–Trinajstić information content (AvgIpc) is 1.64. The summed E-state index contributed by atoms with van der Waals surface area (Å²) in [4.78, 5) is 10.6. The minimum Gasteiger partial charge on any atom is -0.354 e. The van der Waals surface area contributed by atoms with Gasteiger partial charge in [0.25, 0.3) is 0 Å². The summed E-state index contributed by atoms with van der Waals surface area (Å²) >= 11 is 0. The lowest BCUT2D eigenvalue weighted by molar-refractivity contribution is -0.123. The fourth-order valence-corrected chi connectivity index (χ4v) is 0.988. The number of piperidine rings is 1. The van der Waals surface area contributed by atoms with Crippen molar-refractivity contribution in [1.29, 1.82) is 0 Å². The van der Waals surface area contributed by atoms with Gasteiger partial charge in [-0.3, -0.25) is 4.79 Å². The molecule has 1 heterocycles. The molecule has 0 aromatic rings. The summed E-state index contributed by atoms with van der Waals surface area (Å²) in [5, 5.41) is 2.84. The van der Waals surface area contributed by atoms with E-state index in [2.05, 4.69) is 5.32 Å². The summed E-state index contributed by atoms with van der Waals surface area (Å²) in [6.07, 6.45) is 2.93. The zero-order valence-corrected chi connectivity index (χ0v) is 6.33. The number of carbonyl (C=O) groups excluding carboxylic acids is 1. The Morgan fingerprint density at radius 3 is 2.67 bits per heavy atom. The second-order valence-electron chi connectivity index (χ2n) is 2.36. The second-order valence-corrected chi connectivity index (χ2v) is 2.36. The Balaban J connectivity index is 0.000000640. The Morgan fingerprint density at radius 2 is 2.33 bits per heavy atom. The molecule has 2 nitrogen and oxygen atoms in total. The summed E-state index contributed by atoms with van der Waals surface area (Å²) in [6.45, 7) is 2.04. The van der Waals surface area contributed by atoms with Crippen LogP contribution >= 0.6 is 12.4 Å². The lowest BCUT2D eigenvalue weighted by atomic mass is 10.1. The van der Waals surface area contributed by atoms with Gasteiger partial charge in [0.15, 0.2) is 0 Å². The number of hydrogen-bond acceptors (Lipinski definition) is 1. The van der Waals surface area contributed by atoms with Crippen molar-refractivity contribution in [2.45, 2.75) is 32.2 Å². The smallest absolute Gasteiger partial charge is 0.220 e. The standard InChI is InChI=1S/C6H11NO.ClH/c1-5-3-2-4-6(8)7-5;/h5H,2-4H2,1H3,(H,7,8);1H/t5-;/m1./s1. The van der Waals surface area contributed by atoms with Gasteiger partial charge in [0.2, 0.25) is 5.91 Å². The molecule has 9 heavy (non-hydrogen) atoms. The predicted octanol–water partition coefficient (Wildman–Crippen LogP) is 1.10. The van der Waals surface area contributed by atoms with Crippen molar-refractivity contribution in [1.82, 2.24) is 5.32 Å². The van der Waals surface area contributed by atoms with Gasteiger partial charge in [0.05, 0.1) is 0 Å². The van der Waals surface area contributed by atoms with Crippen LogP contribution in [-0.4, -0.2) is 11.9 Å². The maximum atomic E-state index is 10.6. The highest BCUT2D eigenvalue weighted by Gasteiger charge is 2.12. The van der Waals surface area contributed by atoms with Crippen LogP contribution in [0.5, 0.6) is 0 Å². The zero-order valence-electron chi connectivity index (χ0n) is 5.52. The summed E-state index contributed by atoms with van der Waals surface area (Å²) in [7, 11) is 0. The summed E-state index contributed by atoms with van der Waals surface area (Å²) in [5.41, 5.74) is 0. The van der Waals surface area contributed by atoms with Gasteiger partial charge in [-0.25, -0.2) is 0 Å². The highest BCUT2D eigenvalue weighted by molar-refractivity contribution is 5.85. The van der Waals surface area contributed by atoms with Crippen LogP contribution in [0.2, 0.25) is 0 Å². The molecule has 1 aliphatic rings. The molecule has 0 radical (unpaired) electrons. The first-order valence-electron chi connectivity index (χ1n) is 3.08. The Morgan fingerprint density at radius 1 is 1.67 bits per heavy atom. The fourth-order valence-electron chi connectivity index (χ4n) is 0.988. The van der Waals surface area contributed by atoms with Gasteiger partial charge < -0.3 is 5.32 Å². The third-order valence-electron chi connectivity index (χ3n) is 1.45. The van der Waals surface area contributed by atoms with E-state index in [0.717, 1.165) is 19.3 Å². The number of carbonyl (C=O) groups is 1. The first-order valence-corrected chi connectivity index (χ1v) is 3.08. The summed E-state index contributed by atoms with van der Waals surface area (Å²) < 4.78 is 0.